The second-order valence-corrected chi connectivity index (χ2v) is 10.8. The number of hydrogen-bond donors (Lipinski definition) is 2. The second kappa shape index (κ2) is 13.9. The molecule has 2 N–H and O–H groups in total. The van der Waals surface area contributed by atoms with Gasteiger partial charge in [0.15, 0.2) is 0 Å². The lowest BCUT2D eigenvalue weighted by Crippen LogP contribution is -2.45. The number of fused-ring (bicyclic) bond motifs is 1. The van der Waals surface area contributed by atoms with Crippen molar-refractivity contribution in [2.24, 2.45) is 0 Å². The zero-order valence-corrected chi connectivity index (χ0v) is 24.8. The van der Waals surface area contributed by atoms with E-state index in [1.54, 1.807) is 13.3 Å². The quantitative estimate of drug-likeness (QED) is 0.177. The van der Waals surface area contributed by atoms with E-state index in [1.807, 2.05) is 43.3 Å². The number of piperazine rings is 1. The van der Waals surface area contributed by atoms with Crippen LogP contribution >= 0.6 is 0 Å². The predicted octanol–water partition coefficient (Wildman–Crippen LogP) is 5.02. The molecule has 1 fully saturated rings. The van der Waals surface area contributed by atoms with E-state index >= 15 is 0 Å². The highest BCUT2D eigenvalue weighted by molar-refractivity contribution is 6.07. The van der Waals surface area contributed by atoms with Crippen LogP contribution in [0, 0.1) is 11.6 Å². The summed E-state index contributed by atoms with van der Waals surface area (Å²) in [5, 5.41) is 8.72. The highest BCUT2D eigenvalue weighted by Crippen LogP contribution is 2.32. The Morgan fingerprint density at radius 2 is 1.79 bits per heavy atom. The van der Waals surface area contributed by atoms with Crippen LogP contribution in [0.15, 0.2) is 60.8 Å². The lowest BCUT2D eigenvalue weighted by atomic mass is 9.92. The molecular weight excluding hydrogens is 554 g/mol. The van der Waals surface area contributed by atoms with Gasteiger partial charge in [-0.15, -0.1) is 0 Å². The zero-order valence-electron chi connectivity index (χ0n) is 24.8. The molecule has 3 aromatic carbocycles. The molecule has 1 aliphatic heterocycles. The Labute approximate surface area is 250 Å². The first-order valence-electron chi connectivity index (χ1n) is 14.5. The molecule has 43 heavy (non-hydrogen) atoms. The van der Waals surface area contributed by atoms with Crippen molar-refractivity contribution in [3.05, 3.63) is 89.1 Å². The van der Waals surface area contributed by atoms with Gasteiger partial charge in [0.05, 0.1) is 35.3 Å². The number of aromatic nitrogens is 2. The van der Waals surface area contributed by atoms with Crippen molar-refractivity contribution in [2.75, 3.05) is 75.9 Å². The molecule has 0 saturated carbocycles. The van der Waals surface area contributed by atoms with Crippen molar-refractivity contribution in [1.29, 1.82) is 0 Å². The first kappa shape index (κ1) is 30.4. The fourth-order valence-electron chi connectivity index (χ4n) is 5.36. The number of anilines is 2. The van der Waals surface area contributed by atoms with Gasteiger partial charge < -0.3 is 24.6 Å². The summed E-state index contributed by atoms with van der Waals surface area (Å²) in [7, 11) is 3.69. The zero-order chi connectivity index (χ0) is 30.3. The number of nitrogens with zero attached hydrogens (tertiary/aromatic N) is 4. The number of rotatable bonds is 12. The van der Waals surface area contributed by atoms with E-state index in [1.165, 1.54) is 16.9 Å². The summed E-state index contributed by atoms with van der Waals surface area (Å²) >= 11 is 0. The Morgan fingerprint density at radius 1 is 1.02 bits per heavy atom. The number of amides is 1. The number of hydrogen-bond acceptors (Lipinski definition) is 7. The van der Waals surface area contributed by atoms with E-state index in [2.05, 4.69) is 32.7 Å². The van der Waals surface area contributed by atoms with Gasteiger partial charge in [0.1, 0.15) is 18.4 Å². The number of para-hydroxylation sites is 1. The summed E-state index contributed by atoms with van der Waals surface area (Å²) in [6.45, 7) is 6.80. The highest BCUT2D eigenvalue weighted by atomic mass is 19.1. The highest BCUT2D eigenvalue weighted by Gasteiger charge is 2.24. The first-order valence-corrected chi connectivity index (χ1v) is 14.5. The average molecular weight is 593 g/mol. The monoisotopic (exact) mass is 592 g/mol. The van der Waals surface area contributed by atoms with Gasteiger partial charge in [0, 0.05) is 57.2 Å². The Balaban J connectivity index is 1.36. The number of carbonyl (C=O) groups is 1. The van der Waals surface area contributed by atoms with Crippen molar-refractivity contribution in [2.45, 2.75) is 19.3 Å². The number of ether oxygens (including phenoxy) is 2. The number of likely N-dealkylation sites (N-methyl/N-ethyl adjacent to an activating group) is 1. The van der Waals surface area contributed by atoms with Crippen LogP contribution in [0.5, 0.6) is 0 Å². The maximum atomic E-state index is 13.8. The Morgan fingerprint density at radius 3 is 2.53 bits per heavy atom. The summed E-state index contributed by atoms with van der Waals surface area (Å²) in [6, 6.07) is 14.9. The molecular formula is C32H38F2N6O3. The molecule has 0 aliphatic carbocycles. The van der Waals surface area contributed by atoms with Crippen LogP contribution in [-0.4, -0.2) is 81.0 Å². The number of nitrogens with one attached hydrogen (secondary N) is 2. The lowest BCUT2D eigenvalue weighted by molar-refractivity contribution is -0.0303. The predicted molar refractivity (Wildman–Crippen MR) is 164 cm³/mol. The minimum atomic E-state index is -0.607. The fourth-order valence-corrected chi connectivity index (χ4v) is 5.36. The van der Waals surface area contributed by atoms with Gasteiger partial charge in [-0.1, -0.05) is 19.1 Å². The van der Waals surface area contributed by atoms with E-state index in [0.29, 0.717) is 29.8 Å². The summed E-state index contributed by atoms with van der Waals surface area (Å²) in [6.07, 6.45) is 2.46. The van der Waals surface area contributed by atoms with Gasteiger partial charge in [-0.3, -0.25) is 4.79 Å². The van der Waals surface area contributed by atoms with E-state index < -0.39 is 11.6 Å². The van der Waals surface area contributed by atoms with Crippen molar-refractivity contribution in [1.82, 2.24) is 14.8 Å². The van der Waals surface area contributed by atoms with Crippen molar-refractivity contribution in [3.63, 3.8) is 0 Å². The summed E-state index contributed by atoms with van der Waals surface area (Å²) in [5.41, 5.74) is 7.39. The third-order valence-electron chi connectivity index (χ3n) is 7.77. The number of carbonyl (C=O) groups excluding carboxylic acids is 1. The van der Waals surface area contributed by atoms with Gasteiger partial charge >= 0.3 is 0 Å². The second-order valence-electron chi connectivity index (χ2n) is 10.8. The lowest BCUT2D eigenvalue weighted by Gasteiger charge is -2.36. The molecule has 2 heterocycles. The van der Waals surface area contributed by atoms with Crippen molar-refractivity contribution < 1.29 is 23.0 Å². The SMILES string of the molecule is COCOCCCNc1cccc(C(=O)Nn2ncc3cc(C(C)c4cc(F)cc(F)c4)ccc32)c1N1CCN(C)CC1. The largest absolute Gasteiger partial charge is 0.383 e. The molecule has 1 saturated heterocycles. The molecule has 0 bridgehead atoms. The minimum Gasteiger partial charge on any atom is -0.383 e. The van der Waals surface area contributed by atoms with Crippen LogP contribution in [-0.2, 0) is 9.47 Å². The molecule has 1 aliphatic rings. The van der Waals surface area contributed by atoms with E-state index in [-0.39, 0.29) is 18.6 Å². The average Bonchev–Trinajstić information content (AvgIpc) is 3.40. The van der Waals surface area contributed by atoms with Gasteiger partial charge in [0.25, 0.3) is 5.91 Å². The van der Waals surface area contributed by atoms with Crippen LogP contribution in [0.4, 0.5) is 20.2 Å². The van der Waals surface area contributed by atoms with Crippen LogP contribution in [0.25, 0.3) is 10.9 Å². The molecule has 9 nitrogen and oxygen atoms in total. The molecule has 228 valence electrons. The minimum absolute atomic E-state index is 0.236. The van der Waals surface area contributed by atoms with Crippen molar-refractivity contribution in [3.8, 4) is 0 Å². The standard InChI is InChI=1S/C32H38F2N6O3/c1-22(24-17-26(33)19-27(34)18-24)23-8-9-30-25(16-23)20-36-40(30)37-32(41)28-6-4-7-29(35-10-5-15-43-21-42-3)31(28)39-13-11-38(2)12-14-39/h4,6-9,16-20,22,35H,5,10-15,21H2,1-3H3,(H,37,41). The van der Waals surface area contributed by atoms with E-state index in [9.17, 15) is 13.6 Å². The van der Waals surface area contributed by atoms with Gasteiger partial charge in [-0.25, -0.2) is 14.2 Å². The van der Waals surface area contributed by atoms with Crippen LogP contribution in [0.3, 0.4) is 0 Å². The molecule has 1 unspecified atom stereocenters. The molecule has 1 amide bonds. The molecule has 1 aromatic heterocycles. The molecule has 0 spiro atoms. The molecule has 0 radical (unpaired) electrons. The normalized spacial score (nSPS) is 14.7. The maximum absolute atomic E-state index is 13.8. The van der Waals surface area contributed by atoms with Crippen LogP contribution in [0.2, 0.25) is 0 Å². The Bertz CT molecular complexity index is 1530. The van der Waals surface area contributed by atoms with Crippen molar-refractivity contribution >= 4 is 28.2 Å². The number of benzene rings is 3. The molecule has 4 aromatic rings. The third-order valence-corrected chi connectivity index (χ3v) is 7.77. The first-order chi connectivity index (χ1) is 20.8. The Kier molecular flexibility index (Phi) is 9.86. The number of halogens is 2. The summed E-state index contributed by atoms with van der Waals surface area (Å²) in [4.78, 5) is 19.8. The van der Waals surface area contributed by atoms with E-state index in [0.717, 1.165) is 61.0 Å². The maximum Gasteiger partial charge on any atom is 0.273 e. The van der Waals surface area contributed by atoms with Gasteiger partial charge in [-0.2, -0.15) is 9.89 Å². The smallest absolute Gasteiger partial charge is 0.273 e. The third kappa shape index (κ3) is 7.30. The summed E-state index contributed by atoms with van der Waals surface area (Å²) in [5.74, 6) is -1.73. The Hall–Kier alpha value is -4.06. The van der Waals surface area contributed by atoms with Gasteiger partial charge in [0.2, 0.25) is 0 Å². The summed E-state index contributed by atoms with van der Waals surface area (Å²) < 4.78 is 38.0. The van der Waals surface area contributed by atoms with Gasteiger partial charge in [-0.05, 0) is 61.0 Å². The van der Waals surface area contributed by atoms with Crippen LogP contribution in [0.1, 0.15) is 40.7 Å². The molecule has 5 rings (SSSR count). The van der Waals surface area contributed by atoms with E-state index in [4.69, 9.17) is 9.47 Å². The molecule has 11 heteroatoms. The van der Waals surface area contributed by atoms with Crippen LogP contribution < -0.4 is 15.6 Å². The number of methoxy groups -OCH3 is 1. The topological polar surface area (TPSA) is 83.9 Å². The fraction of sp³-hybridized carbons (Fsp3) is 0.375. The molecule has 1 atom stereocenters.